The summed E-state index contributed by atoms with van der Waals surface area (Å²) in [5, 5.41) is 0. The van der Waals surface area contributed by atoms with Crippen LogP contribution in [0.4, 0.5) is 0 Å². The van der Waals surface area contributed by atoms with Crippen LogP contribution in [0.1, 0.15) is 39.2 Å². The lowest BCUT2D eigenvalue weighted by Crippen LogP contribution is -2.55. The predicted molar refractivity (Wildman–Crippen MR) is 80.7 cm³/mol. The number of nitrogens with zero attached hydrogens (tertiary/aromatic N) is 1. The minimum atomic E-state index is -0.850. The van der Waals surface area contributed by atoms with Crippen LogP contribution in [-0.4, -0.2) is 35.0 Å². The zero-order chi connectivity index (χ0) is 15.5. The molecule has 1 fully saturated rings. The SMILES string of the molecule is CC(=O)N1CCCC1(Cc1ccccc1)C(=O)OC(C)C. The van der Waals surface area contributed by atoms with Crippen molar-refractivity contribution < 1.29 is 14.3 Å². The number of esters is 1. The lowest BCUT2D eigenvalue weighted by atomic mass is 9.88. The second kappa shape index (κ2) is 6.29. The molecule has 0 bridgehead atoms. The Balaban J connectivity index is 2.34. The predicted octanol–water partition coefficient (Wildman–Crippen LogP) is 2.56. The molecule has 1 amide bonds. The Morgan fingerprint density at radius 3 is 2.52 bits per heavy atom. The Hall–Kier alpha value is -1.84. The average Bonchev–Trinajstić information content (AvgIpc) is 2.84. The highest BCUT2D eigenvalue weighted by Gasteiger charge is 2.50. The van der Waals surface area contributed by atoms with Crippen molar-refractivity contribution in [2.45, 2.75) is 51.7 Å². The highest BCUT2D eigenvalue weighted by atomic mass is 16.5. The summed E-state index contributed by atoms with van der Waals surface area (Å²) in [6.45, 7) is 5.81. The van der Waals surface area contributed by atoms with Crippen LogP contribution in [0.3, 0.4) is 0 Å². The zero-order valence-electron chi connectivity index (χ0n) is 13.0. The zero-order valence-corrected chi connectivity index (χ0v) is 13.0. The molecule has 114 valence electrons. The van der Waals surface area contributed by atoms with Crippen LogP contribution in [-0.2, 0) is 20.7 Å². The molecule has 0 radical (unpaired) electrons. The molecular weight excluding hydrogens is 266 g/mol. The topological polar surface area (TPSA) is 46.6 Å². The molecule has 1 aliphatic rings. The van der Waals surface area contributed by atoms with Crippen molar-refractivity contribution in [3.8, 4) is 0 Å². The molecule has 1 unspecified atom stereocenters. The summed E-state index contributed by atoms with van der Waals surface area (Å²) in [6, 6.07) is 9.82. The number of hydrogen-bond acceptors (Lipinski definition) is 3. The van der Waals surface area contributed by atoms with E-state index in [9.17, 15) is 9.59 Å². The first-order valence-corrected chi connectivity index (χ1v) is 7.49. The van der Waals surface area contributed by atoms with E-state index in [0.717, 1.165) is 12.0 Å². The van der Waals surface area contributed by atoms with Gasteiger partial charge < -0.3 is 9.64 Å². The van der Waals surface area contributed by atoms with Gasteiger partial charge in [-0.25, -0.2) is 4.79 Å². The molecule has 2 rings (SSSR count). The van der Waals surface area contributed by atoms with Crippen molar-refractivity contribution in [3.05, 3.63) is 35.9 Å². The van der Waals surface area contributed by atoms with Gasteiger partial charge in [0.2, 0.25) is 5.91 Å². The molecule has 0 saturated carbocycles. The van der Waals surface area contributed by atoms with Gasteiger partial charge in [0.15, 0.2) is 0 Å². The smallest absolute Gasteiger partial charge is 0.332 e. The maximum absolute atomic E-state index is 12.7. The molecule has 1 aliphatic heterocycles. The van der Waals surface area contributed by atoms with Gasteiger partial charge >= 0.3 is 5.97 Å². The van der Waals surface area contributed by atoms with Gasteiger partial charge in [0.1, 0.15) is 5.54 Å². The van der Waals surface area contributed by atoms with Crippen LogP contribution in [0.5, 0.6) is 0 Å². The second-order valence-corrected chi connectivity index (χ2v) is 5.92. The molecule has 0 aromatic heterocycles. The molecule has 4 heteroatoms. The molecule has 1 aromatic carbocycles. The van der Waals surface area contributed by atoms with E-state index in [1.807, 2.05) is 44.2 Å². The number of amides is 1. The van der Waals surface area contributed by atoms with E-state index < -0.39 is 5.54 Å². The van der Waals surface area contributed by atoms with Gasteiger partial charge in [-0.05, 0) is 32.3 Å². The van der Waals surface area contributed by atoms with Crippen molar-refractivity contribution in [2.75, 3.05) is 6.54 Å². The molecule has 1 atom stereocenters. The highest BCUT2D eigenvalue weighted by Crippen LogP contribution is 2.34. The fourth-order valence-corrected chi connectivity index (χ4v) is 3.06. The summed E-state index contributed by atoms with van der Waals surface area (Å²) in [7, 11) is 0. The summed E-state index contributed by atoms with van der Waals surface area (Å²) >= 11 is 0. The van der Waals surface area contributed by atoms with Crippen molar-refractivity contribution >= 4 is 11.9 Å². The van der Waals surface area contributed by atoms with Crippen LogP contribution in [0, 0.1) is 0 Å². The van der Waals surface area contributed by atoms with E-state index in [0.29, 0.717) is 19.4 Å². The first-order chi connectivity index (χ1) is 9.95. The molecule has 0 aliphatic carbocycles. The molecule has 1 heterocycles. The summed E-state index contributed by atoms with van der Waals surface area (Å²) in [5.74, 6) is -0.349. The number of rotatable bonds is 4. The fourth-order valence-electron chi connectivity index (χ4n) is 3.06. The highest BCUT2D eigenvalue weighted by molar-refractivity contribution is 5.88. The summed E-state index contributed by atoms with van der Waals surface area (Å²) in [4.78, 5) is 26.3. The van der Waals surface area contributed by atoms with E-state index in [4.69, 9.17) is 4.74 Å². The van der Waals surface area contributed by atoms with Gasteiger partial charge in [-0.15, -0.1) is 0 Å². The quantitative estimate of drug-likeness (QED) is 0.800. The van der Waals surface area contributed by atoms with E-state index in [1.54, 1.807) is 4.90 Å². The molecule has 4 nitrogen and oxygen atoms in total. The molecule has 0 N–H and O–H groups in total. The van der Waals surface area contributed by atoms with Crippen LogP contribution in [0.15, 0.2) is 30.3 Å². The van der Waals surface area contributed by atoms with E-state index in [2.05, 4.69) is 0 Å². The van der Waals surface area contributed by atoms with Crippen molar-refractivity contribution in [3.63, 3.8) is 0 Å². The first kappa shape index (κ1) is 15.5. The second-order valence-electron chi connectivity index (χ2n) is 5.92. The Kier molecular flexibility index (Phi) is 4.66. The van der Waals surface area contributed by atoms with E-state index >= 15 is 0 Å². The molecule has 1 saturated heterocycles. The summed E-state index contributed by atoms with van der Waals surface area (Å²) in [6.07, 6.45) is 1.82. The van der Waals surface area contributed by atoms with Crippen LogP contribution in [0.2, 0.25) is 0 Å². The van der Waals surface area contributed by atoms with E-state index in [-0.39, 0.29) is 18.0 Å². The third-order valence-electron chi connectivity index (χ3n) is 3.93. The number of ether oxygens (including phenoxy) is 1. The van der Waals surface area contributed by atoms with Crippen LogP contribution in [0.25, 0.3) is 0 Å². The summed E-state index contributed by atoms with van der Waals surface area (Å²) < 4.78 is 5.46. The van der Waals surface area contributed by atoms with Gasteiger partial charge in [0.25, 0.3) is 0 Å². The van der Waals surface area contributed by atoms with Gasteiger partial charge in [-0.2, -0.15) is 0 Å². The third kappa shape index (κ3) is 3.26. The normalized spacial score (nSPS) is 21.6. The number of carbonyl (C=O) groups is 2. The monoisotopic (exact) mass is 289 g/mol. The Bertz CT molecular complexity index is 512. The lowest BCUT2D eigenvalue weighted by molar-refractivity contribution is -0.164. The minimum absolute atomic E-state index is 0.0656. The Labute approximate surface area is 126 Å². The standard InChI is InChI=1S/C17H23NO3/c1-13(2)21-16(20)17(10-7-11-18(17)14(3)19)12-15-8-5-4-6-9-15/h4-6,8-9,13H,7,10-12H2,1-3H3. The van der Waals surface area contributed by atoms with Crippen LogP contribution < -0.4 is 0 Å². The maximum Gasteiger partial charge on any atom is 0.332 e. The number of benzene rings is 1. The molecule has 1 aromatic rings. The van der Waals surface area contributed by atoms with Crippen molar-refractivity contribution in [1.29, 1.82) is 0 Å². The van der Waals surface area contributed by atoms with Gasteiger partial charge in [-0.1, -0.05) is 30.3 Å². The molecule has 21 heavy (non-hydrogen) atoms. The lowest BCUT2D eigenvalue weighted by Gasteiger charge is -2.36. The van der Waals surface area contributed by atoms with Gasteiger partial charge in [-0.3, -0.25) is 4.79 Å². The first-order valence-electron chi connectivity index (χ1n) is 7.49. The van der Waals surface area contributed by atoms with Crippen LogP contribution >= 0.6 is 0 Å². The Morgan fingerprint density at radius 2 is 1.95 bits per heavy atom. The van der Waals surface area contributed by atoms with Crippen molar-refractivity contribution in [2.24, 2.45) is 0 Å². The van der Waals surface area contributed by atoms with Gasteiger partial charge in [0.05, 0.1) is 6.10 Å². The third-order valence-corrected chi connectivity index (χ3v) is 3.93. The average molecular weight is 289 g/mol. The number of hydrogen-bond donors (Lipinski definition) is 0. The maximum atomic E-state index is 12.7. The van der Waals surface area contributed by atoms with Crippen molar-refractivity contribution in [1.82, 2.24) is 4.90 Å². The number of likely N-dealkylation sites (tertiary alicyclic amines) is 1. The van der Waals surface area contributed by atoms with E-state index in [1.165, 1.54) is 6.92 Å². The summed E-state index contributed by atoms with van der Waals surface area (Å²) in [5.41, 5.74) is 0.198. The Morgan fingerprint density at radius 1 is 1.29 bits per heavy atom. The largest absolute Gasteiger partial charge is 0.461 e. The van der Waals surface area contributed by atoms with Gasteiger partial charge in [0, 0.05) is 19.9 Å². The molecular formula is C17H23NO3. The fraction of sp³-hybridized carbons (Fsp3) is 0.529. The minimum Gasteiger partial charge on any atom is -0.461 e. The molecule has 0 spiro atoms. The number of carbonyl (C=O) groups excluding carboxylic acids is 2.